The fourth-order valence-electron chi connectivity index (χ4n) is 5.93. The average Bonchev–Trinajstić information content (AvgIpc) is 3.74. The largest absolute Gasteiger partial charge is 0.457 e. The van der Waals surface area contributed by atoms with E-state index in [0.717, 1.165) is 24.8 Å². The Balaban J connectivity index is 1.55. The Labute approximate surface area is 265 Å². The highest BCUT2D eigenvalue weighted by Gasteiger charge is 2.46. The zero-order valence-corrected chi connectivity index (χ0v) is 28.0. The molecule has 9 atom stereocenters. The van der Waals surface area contributed by atoms with Crippen LogP contribution in [-0.2, 0) is 19.0 Å². The van der Waals surface area contributed by atoms with Crippen molar-refractivity contribution >= 4 is 17.7 Å². The highest BCUT2D eigenvalue weighted by atomic mass is 16.6. The van der Waals surface area contributed by atoms with Gasteiger partial charge in [0.05, 0.1) is 18.3 Å². The monoisotopic (exact) mass is 609 g/mol. The molecule has 7 heteroatoms. The molecular formula is C37H55NO6. The number of amides is 1. The molecule has 2 aliphatic rings. The number of esters is 1. The van der Waals surface area contributed by atoms with E-state index in [0.29, 0.717) is 18.5 Å². The molecule has 0 spiro atoms. The lowest BCUT2D eigenvalue weighted by Crippen LogP contribution is -2.31. The van der Waals surface area contributed by atoms with Crippen LogP contribution < -0.4 is 5.32 Å². The lowest BCUT2D eigenvalue weighted by Gasteiger charge is -2.31. The Hall–Kier alpha value is -2.90. The molecule has 0 saturated carbocycles. The molecule has 2 heterocycles. The van der Waals surface area contributed by atoms with E-state index < -0.39 is 18.3 Å². The minimum atomic E-state index is -0.556. The lowest BCUT2D eigenvalue weighted by molar-refractivity contribution is -0.149. The van der Waals surface area contributed by atoms with E-state index in [4.69, 9.17) is 14.2 Å². The molecule has 3 rings (SSSR count). The number of allylic oxidation sites excluding steroid dienone is 3. The number of ether oxygens (including phenoxy) is 3. The number of carbonyl (C=O) groups excluding carboxylic acids is 2. The molecule has 1 aromatic rings. The van der Waals surface area contributed by atoms with Gasteiger partial charge in [-0.1, -0.05) is 97.0 Å². The number of aliphatic hydroxyl groups is 1. The summed E-state index contributed by atoms with van der Waals surface area (Å²) >= 11 is 0. The molecule has 7 nitrogen and oxygen atoms in total. The van der Waals surface area contributed by atoms with E-state index in [-0.39, 0.29) is 53.4 Å². The second kappa shape index (κ2) is 16.4. The molecule has 244 valence electrons. The Morgan fingerprint density at radius 1 is 1.18 bits per heavy atom. The average molecular weight is 610 g/mol. The predicted octanol–water partition coefficient (Wildman–Crippen LogP) is 8.26. The summed E-state index contributed by atoms with van der Waals surface area (Å²) in [5.41, 5.74) is 1.41. The van der Waals surface area contributed by atoms with Crippen LogP contribution in [0.3, 0.4) is 0 Å². The Bertz CT molecular complexity index is 1160. The molecular weight excluding hydrogens is 554 g/mol. The van der Waals surface area contributed by atoms with E-state index in [1.165, 1.54) is 0 Å². The minimum Gasteiger partial charge on any atom is -0.457 e. The van der Waals surface area contributed by atoms with E-state index in [1.807, 2.05) is 75.4 Å². The first kappa shape index (κ1) is 35.6. The summed E-state index contributed by atoms with van der Waals surface area (Å²) in [6.45, 7) is 16.5. The fourth-order valence-corrected chi connectivity index (χ4v) is 5.93. The first-order valence-electron chi connectivity index (χ1n) is 16.4. The van der Waals surface area contributed by atoms with Crippen LogP contribution >= 0.6 is 0 Å². The molecule has 9 unspecified atom stereocenters. The van der Waals surface area contributed by atoms with Crippen LogP contribution in [0.2, 0.25) is 0 Å². The van der Waals surface area contributed by atoms with Crippen LogP contribution in [-0.4, -0.2) is 47.7 Å². The maximum atomic E-state index is 12.8. The number of para-hydroxylation sites is 1. The molecule has 1 saturated heterocycles. The molecule has 0 aliphatic carbocycles. The van der Waals surface area contributed by atoms with Crippen molar-refractivity contribution in [3.8, 4) is 0 Å². The zero-order chi connectivity index (χ0) is 32.4. The summed E-state index contributed by atoms with van der Waals surface area (Å²) in [6.07, 6.45) is 12.3. The van der Waals surface area contributed by atoms with E-state index >= 15 is 0 Å². The van der Waals surface area contributed by atoms with Crippen LogP contribution in [0.25, 0.3) is 0 Å². The van der Waals surface area contributed by atoms with Gasteiger partial charge in [0.25, 0.3) is 0 Å². The molecule has 1 aromatic carbocycles. The summed E-state index contributed by atoms with van der Waals surface area (Å²) in [5, 5.41) is 13.6. The van der Waals surface area contributed by atoms with Gasteiger partial charge in [-0.2, -0.15) is 0 Å². The Morgan fingerprint density at radius 3 is 2.57 bits per heavy atom. The first-order chi connectivity index (χ1) is 20.8. The second-order valence-electron chi connectivity index (χ2n) is 13.8. The number of hydrogen-bond donors (Lipinski definition) is 2. The first-order valence-corrected chi connectivity index (χ1v) is 16.4. The zero-order valence-electron chi connectivity index (χ0n) is 28.0. The number of benzene rings is 1. The van der Waals surface area contributed by atoms with Crippen molar-refractivity contribution in [3.63, 3.8) is 0 Å². The molecule has 0 aromatic heterocycles. The Morgan fingerprint density at radius 2 is 1.89 bits per heavy atom. The number of carbonyl (C=O) groups is 2. The molecule has 0 radical (unpaired) electrons. The summed E-state index contributed by atoms with van der Waals surface area (Å²) in [6, 6.07) is 9.29. The van der Waals surface area contributed by atoms with Crippen molar-refractivity contribution in [2.24, 2.45) is 29.1 Å². The van der Waals surface area contributed by atoms with Crippen LogP contribution in [0.1, 0.15) is 87.5 Å². The molecule has 44 heavy (non-hydrogen) atoms. The second-order valence-corrected chi connectivity index (χ2v) is 13.8. The minimum absolute atomic E-state index is 0.0589. The van der Waals surface area contributed by atoms with Crippen molar-refractivity contribution in [2.75, 3.05) is 5.32 Å². The summed E-state index contributed by atoms with van der Waals surface area (Å²) in [4.78, 5) is 25.3. The smallest absolute Gasteiger partial charge is 0.411 e. The van der Waals surface area contributed by atoms with Gasteiger partial charge in [-0.3, -0.25) is 10.1 Å². The number of aliphatic hydroxyl groups excluding tert-OH is 1. The van der Waals surface area contributed by atoms with Gasteiger partial charge in [0.1, 0.15) is 12.2 Å². The van der Waals surface area contributed by atoms with Crippen LogP contribution in [0.4, 0.5) is 10.5 Å². The Kier molecular flexibility index (Phi) is 13.3. The van der Waals surface area contributed by atoms with Crippen molar-refractivity contribution < 1.29 is 28.9 Å². The van der Waals surface area contributed by atoms with E-state index in [9.17, 15) is 14.7 Å². The van der Waals surface area contributed by atoms with E-state index in [1.54, 1.807) is 0 Å². The molecule has 0 bridgehead atoms. The van der Waals surface area contributed by atoms with Gasteiger partial charge in [0.15, 0.2) is 0 Å². The molecule has 1 fully saturated rings. The van der Waals surface area contributed by atoms with Crippen molar-refractivity contribution in [1.82, 2.24) is 0 Å². The van der Waals surface area contributed by atoms with Gasteiger partial charge in [-0.15, -0.1) is 0 Å². The summed E-state index contributed by atoms with van der Waals surface area (Å²) < 4.78 is 17.8. The maximum Gasteiger partial charge on any atom is 0.411 e. The summed E-state index contributed by atoms with van der Waals surface area (Å²) in [5.74, 6) is 0.303. The van der Waals surface area contributed by atoms with Gasteiger partial charge in [-0.25, -0.2) is 4.79 Å². The number of hydrogen-bond acceptors (Lipinski definition) is 6. The van der Waals surface area contributed by atoms with Gasteiger partial charge >= 0.3 is 12.1 Å². The van der Waals surface area contributed by atoms with Crippen LogP contribution in [0.5, 0.6) is 0 Å². The predicted molar refractivity (Wildman–Crippen MR) is 176 cm³/mol. The molecule has 2 N–H and O–H groups in total. The standard InChI is InChI=1S/C37H55NO6/c1-9-30(43-36(41)38-29-16-11-10-12-17-29)28(6)35-31(42-35)22-24(2)14-13-15-26(4)34-27(5)18-19-32(39)37(7,8)21-20-25(3)23-33(40)44-34/h10-19,24-25,27-28,30-32,34-35,39H,9,20-23H2,1-8H3,(H,38,41)/b14-13+,19-18+,26-15+. The highest BCUT2D eigenvalue weighted by molar-refractivity contribution is 5.84. The van der Waals surface area contributed by atoms with Gasteiger partial charge < -0.3 is 19.3 Å². The topological polar surface area (TPSA) is 97.4 Å². The number of anilines is 1. The SMILES string of the molecule is CCC(OC(=O)Nc1ccccc1)C(C)C1OC1CC(C)/C=C/C=C(\C)C1OC(=O)CC(C)CCC(C)(C)C(O)/C=C/C1C. The van der Waals surface area contributed by atoms with Crippen molar-refractivity contribution in [2.45, 2.75) is 118 Å². The number of nitrogens with one attached hydrogen (secondary N) is 1. The maximum absolute atomic E-state index is 12.8. The van der Waals surface area contributed by atoms with Crippen molar-refractivity contribution in [1.29, 1.82) is 0 Å². The van der Waals surface area contributed by atoms with E-state index in [2.05, 4.69) is 46.0 Å². The highest BCUT2D eigenvalue weighted by Crippen LogP contribution is 2.37. The normalized spacial score (nSPS) is 30.7. The number of rotatable bonds is 10. The quantitative estimate of drug-likeness (QED) is 0.120. The molecule has 2 aliphatic heterocycles. The molecule has 1 amide bonds. The fraction of sp³-hybridized carbons (Fsp3) is 0.622. The van der Waals surface area contributed by atoms with Crippen LogP contribution in [0.15, 0.2) is 66.3 Å². The van der Waals surface area contributed by atoms with Crippen molar-refractivity contribution in [3.05, 3.63) is 66.3 Å². The van der Waals surface area contributed by atoms with Gasteiger partial charge in [0, 0.05) is 23.9 Å². The third-order valence-corrected chi connectivity index (χ3v) is 9.19. The van der Waals surface area contributed by atoms with Gasteiger partial charge in [0.2, 0.25) is 0 Å². The lowest BCUT2D eigenvalue weighted by atomic mass is 9.79. The third kappa shape index (κ3) is 10.9. The van der Waals surface area contributed by atoms with Crippen LogP contribution in [0, 0.1) is 29.1 Å². The number of epoxide rings is 1. The number of cyclic esters (lactones) is 1. The third-order valence-electron chi connectivity index (χ3n) is 9.19. The van der Waals surface area contributed by atoms with Gasteiger partial charge in [-0.05, 0) is 67.6 Å². The summed E-state index contributed by atoms with van der Waals surface area (Å²) in [7, 11) is 0.